The Balaban J connectivity index is 1.72. The van der Waals surface area contributed by atoms with Gasteiger partial charge in [-0.05, 0) is 30.9 Å². The second-order valence-electron chi connectivity index (χ2n) is 5.75. The molecule has 1 saturated heterocycles. The minimum Gasteiger partial charge on any atom is -0.354 e. The monoisotopic (exact) mass is 275 g/mol. The summed E-state index contributed by atoms with van der Waals surface area (Å²) in [6.45, 7) is 5.10. The van der Waals surface area contributed by atoms with Crippen molar-refractivity contribution in [2.45, 2.75) is 31.7 Å². The van der Waals surface area contributed by atoms with Crippen molar-refractivity contribution in [2.24, 2.45) is 5.73 Å². The SMILES string of the molecule is CC(CNC(=O)CN1CCC[C@@H](N)C1)c1ccccc1. The molecule has 1 aliphatic rings. The van der Waals surface area contributed by atoms with Gasteiger partial charge in [0.15, 0.2) is 0 Å². The first-order chi connectivity index (χ1) is 9.65. The van der Waals surface area contributed by atoms with Crippen molar-refractivity contribution in [2.75, 3.05) is 26.2 Å². The van der Waals surface area contributed by atoms with Crippen LogP contribution in [0.25, 0.3) is 0 Å². The molecule has 0 aromatic heterocycles. The molecule has 110 valence electrons. The van der Waals surface area contributed by atoms with Gasteiger partial charge >= 0.3 is 0 Å². The van der Waals surface area contributed by atoms with Gasteiger partial charge in [0.25, 0.3) is 0 Å². The molecular formula is C16H25N3O. The van der Waals surface area contributed by atoms with Gasteiger partial charge in [0, 0.05) is 19.1 Å². The normalized spacial score (nSPS) is 21.4. The molecule has 1 aliphatic heterocycles. The highest BCUT2D eigenvalue weighted by atomic mass is 16.2. The summed E-state index contributed by atoms with van der Waals surface area (Å²) in [5.41, 5.74) is 7.18. The summed E-state index contributed by atoms with van der Waals surface area (Å²) in [5, 5.41) is 3.02. The Hall–Kier alpha value is -1.39. The number of carbonyl (C=O) groups excluding carboxylic acids is 1. The first-order valence-corrected chi connectivity index (χ1v) is 7.44. The average Bonchev–Trinajstić information content (AvgIpc) is 2.46. The topological polar surface area (TPSA) is 58.4 Å². The van der Waals surface area contributed by atoms with Crippen LogP contribution in [0.2, 0.25) is 0 Å². The van der Waals surface area contributed by atoms with Gasteiger partial charge < -0.3 is 11.1 Å². The van der Waals surface area contributed by atoms with Gasteiger partial charge in [-0.15, -0.1) is 0 Å². The van der Waals surface area contributed by atoms with E-state index in [1.54, 1.807) is 0 Å². The third-order valence-electron chi connectivity index (χ3n) is 3.88. The highest BCUT2D eigenvalue weighted by Crippen LogP contribution is 2.13. The molecule has 1 fully saturated rings. The van der Waals surface area contributed by atoms with Gasteiger partial charge in [0.2, 0.25) is 5.91 Å². The molecule has 0 radical (unpaired) electrons. The summed E-state index contributed by atoms with van der Waals surface area (Å²) >= 11 is 0. The lowest BCUT2D eigenvalue weighted by Gasteiger charge is -2.30. The molecule has 4 heteroatoms. The number of carbonyl (C=O) groups is 1. The molecule has 0 saturated carbocycles. The molecule has 1 amide bonds. The maximum atomic E-state index is 12.0. The van der Waals surface area contributed by atoms with Gasteiger partial charge in [-0.2, -0.15) is 0 Å². The molecule has 1 aromatic carbocycles. The number of likely N-dealkylation sites (tertiary alicyclic amines) is 1. The maximum Gasteiger partial charge on any atom is 0.234 e. The molecule has 0 aliphatic carbocycles. The minimum absolute atomic E-state index is 0.0990. The molecule has 2 atom stereocenters. The van der Waals surface area contributed by atoms with Gasteiger partial charge in [0.1, 0.15) is 0 Å². The molecule has 0 spiro atoms. The zero-order valence-corrected chi connectivity index (χ0v) is 12.2. The van der Waals surface area contributed by atoms with Crippen LogP contribution in [0.1, 0.15) is 31.2 Å². The number of piperidine rings is 1. The Labute approximate surface area is 121 Å². The van der Waals surface area contributed by atoms with Crippen molar-refractivity contribution in [1.82, 2.24) is 10.2 Å². The third-order valence-corrected chi connectivity index (χ3v) is 3.88. The van der Waals surface area contributed by atoms with Crippen molar-refractivity contribution in [3.8, 4) is 0 Å². The first kappa shape index (κ1) is 15.0. The number of benzene rings is 1. The Morgan fingerprint density at radius 2 is 2.20 bits per heavy atom. The predicted octanol–water partition coefficient (Wildman–Crippen LogP) is 1.33. The number of nitrogens with one attached hydrogen (secondary N) is 1. The Morgan fingerprint density at radius 3 is 2.90 bits per heavy atom. The molecule has 1 heterocycles. The number of hydrogen-bond donors (Lipinski definition) is 2. The Kier molecular flexibility index (Phi) is 5.56. The minimum atomic E-state index is 0.0990. The zero-order valence-electron chi connectivity index (χ0n) is 12.2. The molecule has 1 unspecified atom stereocenters. The summed E-state index contributed by atoms with van der Waals surface area (Å²) in [6.07, 6.45) is 2.16. The quantitative estimate of drug-likeness (QED) is 0.852. The third kappa shape index (κ3) is 4.62. The van der Waals surface area contributed by atoms with Crippen molar-refractivity contribution >= 4 is 5.91 Å². The highest BCUT2D eigenvalue weighted by molar-refractivity contribution is 5.78. The lowest BCUT2D eigenvalue weighted by atomic mass is 10.0. The van der Waals surface area contributed by atoms with E-state index in [9.17, 15) is 4.79 Å². The van der Waals surface area contributed by atoms with Crippen LogP contribution in [0.15, 0.2) is 30.3 Å². The molecule has 20 heavy (non-hydrogen) atoms. The largest absolute Gasteiger partial charge is 0.354 e. The summed E-state index contributed by atoms with van der Waals surface area (Å²) in [7, 11) is 0. The fraction of sp³-hybridized carbons (Fsp3) is 0.562. The highest BCUT2D eigenvalue weighted by Gasteiger charge is 2.18. The van der Waals surface area contributed by atoms with Gasteiger partial charge in [-0.3, -0.25) is 9.69 Å². The summed E-state index contributed by atoms with van der Waals surface area (Å²) in [4.78, 5) is 14.1. The van der Waals surface area contributed by atoms with E-state index in [2.05, 4.69) is 29.3 Å². The van der Waals surface area contributed by atoms with E-state index in [1.165, 1.54) is 5.56 Å². The standard InChI is InChI=1S/C16H25N3O/c1-13(14-6-3-2-4-7-14)10-18-16(20)12-19-9-5-8-15(17)11-19/h2-4,6-7,13,15H,5,8-12,17H2,1H3,(H,18,20)/t13?,15-/m1/s1. The van der Waals surface area contributed by atoms with Crippen molar-refractivity contribution < 1.29 is 4.79 Å². The fourth-order valence-electron chi connectivity index (χ4n) is 2.66. The Morgan fingerprint density at radius 1 is 1.45 bits per heavy atom. The first-order valence-electron chi connectivity index (χ1n) is 7.44. The van der Waals surface area contributed by atoms with E-state index < -0.39 is 0 Å². The van der Waals surface area contributed by atoms with Crippen LogP contribution in [0, 0.1) is 0 Å². The summed E-state index contributed by atoms with van der Waals surface area (Å²) in [6, 6.07) is 10.5. The summed E-state index contributed by atoms with van der Waals surface area (Å²) in [5.74, 6) is 0.436. The van der Waals surface area contributed by atoms with Crippen LogP contribution in [0.3, 0.4) is 0 Å². The molecule has 2 rings (SSSR count). The number of nitrogens with two attached hydrogens (primary N) is 1. The maximum absolute atomic E-state index is 12.0. The molecule has 1 aromatic rings. The van der Waals surface area contributed by atoms with Crippen molar-refractivity contribution in [3.05, 3.63) is 35.9 Å². The average molecular weight is 275 g/mol. The van der Waals surface area contributed by atoms with E-state index in [1.807, 2.05) is 18.2 Å². The number of nitrogens with zero attached hydrogens (tertiary/aromatic N) is 1. The predicted molar refractivity (Wildman–Crippen MR) is 81.5 cm³/mol. The molecule has 0 bridgehead atoms. The zero-order chi connectivity index (χ0) is 14.4. The number of hydrogen-bond acceptors (Lipinski definition) is 3. The number of rotatable bonds is 5. The van der Waals surface area contributed by atoms with Gasteiger partial charge in [-0.25, -0.2) is 0 Å². The molecule has 3 N–H and O–H groups in total. The van der Waals surface area contributed by atoms with Crippen LogP contribution >= 0.6 is 0 Å². The van der Waals surface area contributed by atoms with Gasteiger partial charge in [-0.1, -0.05) is 37.3 Å². The van der Waals surface area contributed by atoms with Crippen LogP contribution in [-0.4, -0.2) is 43.0 Å². The number of amides is 1. The lowest BCUT2D eigenvalue weighted by Crippen LogP contribution is -2.47. The van der Waals surface area contributed by atoms with Crippen LogP contribution < -0.4 is 11.1 Å². The smallest absolute Gasteiger partial charge is 0.234 e. The van der Waals surface area contributed by atoms with E-state index in [-0.39, 0.29) is 11.9 Å². The second kappa shape index (κ2) is 7.41. The van der Waals surface area contributed by atoms with E-state index >= 15 is 0 Å². The molecular weight excluding hydrogens is 250 g/mol. The van der Waals surface area contributed by atoms with Crippen LogP contribution in [0.4, 0.5) is 0 Å². The van der Waals surface area contributed by atoms with Gasteiger partial charge in [0.05, 0.1) is 6.54 Å². The fourth-order valence-corrected chi connectivity index (χ4v) is 2.66. The lowest BCUT2D eigenvalue weighted by molar-refractivity contribution is -0.122. The van der Waals surface area contributed by atoms with Crippen molar-refractivity contribution in [3.63, 3.8) is 0 Å². The summed E-state index contributed by atoms with van der Waals surface area (Å²) < 4.78 is 0. The van der Waals surface area contributed by atoms with E-state index in [0.717, 1.165) is 25.9 Å². The van der Waals surface area contributed by atoms with E-state index in [0.29, 0.717) is 19.0 Å². The molecule has 4 nitrogen and oxygen atoms in total. The van der Waals surface area contributed by atoms with Crippen molar-refractivity contribution in [1.29, 1.82) is 0 Å². The van der Waals surface area contributed by atoms with Crippen LogP contribution in [-0.2, 0) is 4.79 Å². The van der Waals surface area contributed by atoms with E-state index in [4.69, 9.17) is 5.73 Å². The Bertz CT molecular complexity index is 421. The second-order valence-corrected chi connectivity index (χ2v) is 5.75. The van der Waals surface area contributed by atoms with Crippen LogP contribution in [0.5, 0.6) is 0 Å².